The van der Waals surface area contributed by atoms with E-state index in [0.29, 0.717) is 5.75 Å². The van der Waals surface area contributed by atoms with Gasteiger partial charge in [0, 0.05) is 10.8 Å². The molecule has 4 aromatic carbocycles. The zero-order chi connectivity index (χ0) is 25.9. The van der Waals surface area contributed by atoms with E-state index in [9.17, 15) is 5.11 Å². The van der Waals surface area contributed by atoms with E-state index in [1.807, 2.05) is 41.3 Å². The summed E-state index contributed by atoms with van der Waals surface area (Å²) in [6.45, 7) is 8.86. The van der Waals surface area contributed by atoms with Crippen molar-refractivity contribution in [1.29, 1.82) is 0 Å². The quantitative estimate of drug-likeness (QED) is 0.189. The average molecular weight is 581 g/mol. The van der Waals surface area contributed by atoms with Gasteiger partial charge in [0.15, 0.2) is 0 Å². The second-order valence-electron chi connectivity index (χ2n) is 9.26. The third-order valence-corrected chi connectivity index (χ3v) is 6.39. The lowest BCUT2D eigenvalue weighted by atomic mass is 9.78. The molecule has 0 aromatic heterocycles. The summed E-state index contributed by atoms with van der Waals surface area (Å²) in [5.74, 6) is 1.21. The molecule has 0 saturated carbocycles. The van der Waals surface area contributed by atoms with Crippen LogP contribution in [-0.4, -0.2) is 17.1 Å². The summed E-state index contributed by atoms with van der Waals surface area (Å²) in [6.07, 6.45) is 0. The molecule has 3 heteroatoms. The molecule has 0 fully saturated rings. The molecule has 184 valence electrons. The Hall–Kier alpha value is -2.79. The molecule has 1 N–H and O–H groups in total. The maximum absolute atomic E-state index is 9.29. The van der Waals surface area contributed by atoms with Crippen LogP contribution in [0.5, 0.6) is 11.5 Å². The third kappa shape index (κ3) is 7.60. The highest BCUT2D eigenvalue weighted by atomic mass is 127. The molecule has 4 aromatic rings. The topological polar surface area (TPSA) is 29.5 Å². The molecule has 4 rings (SSSR count). The van der Waals surface area contributed by atoms with Gasteiger partial charge in [-0.3, -0.25) is 0 Å². The Bertz CT molecular complexity index is 1120. The number of ether oxygens (including phenoxy) is 1. The number of rotatable bonds is 5. The predicted octanol–water partition coefficient (Wildman–Crippen LogP) is 8.79. The van der Waals surface area contributed by atoms with Gasteiger partial charge < -0.3 is 9.84 Å². The van der Waals surface area contributed by atoms with Crippen molar-refractivity contribution in [3.05, 3.63) is 131 Å². The van der Waals surface area contributed by atoms with Gasteiger partial charge in [-0.15, -0.1) is 0 Å². The zero-order valence-corrected chi connectivity index (χ0v) is 23.8. The van der Waals surface area contributed by atoms with Crippen molar-refractivity contribution >= 4 is 22.6 Å². The molecule has 0 bridgehead atoms. The van der Waals surface area contributed by atoms with E-state index in [1.54, 1.807) is 19.2 Å². The summed E-state index contributed by atoms with van der Waals surface area (Å²) < 4.78 is 5.19. The number of hydrogen-bond donors (Lipinski definition) is 1. The van der Waals surface area contributed by atoms with Gasteiger partial charge in [0.2, 0.25) is 0 Å². The van der Waals surface area contributed by atoms with Gasteiger partial charge in [-0.1, -0.05) is 135 Å². The van der Waals surface area contributed by atoms with E-state index in [0.717, 1.165) is 5.75 Å². The van der Waals surface area contributed by atoms with E-state index in [4.69, 9.17) is 4.74 Å². The molecule has 0 aliphatic carbocycles. The Morgan fingerprint density at radius 1 is 0.514 bits per heavy atom. The van der Waals surface area contributed by atoms with Crippen LogP contribution in [0.15, 0.2) is 109 Å². The second kappa shape index (κ2) is 13.3. The number of hydrogen-bond acceptors (Lipinski definition) is 2. The van der Waals surface area contributed by atoms with Crippen molar-refractivity contribution < 1.29 is 9.84 Å². The zero-order valence-electron chi connectivity index (χ0n) is 21.6. The minimum absolute atomic E-state index is 0.0214. The first-order valence-electron chi connectivity index (χ1n) is 11.7. The highest BCUT2D eigenvalue weighted by Crippen LogP contribution is 2.33. The van der Waals surface area contributed by atoms with Crippen molar-refractivity contribution in [3.63, 3.8) is 0 Å². The maximum Gasteiger partial charge on any atom is 0.118 e. The molecule has 0 saturated heterocycles. The minimum Gasteiger partial charge on any atom is -0.508 e. The summed E-state index contributed by atoms with van der Waals surface area (Å²) in [6, 6.07) is 36.7. The number of methoxy groups -OCH3 is 1. The summed E-state index contributed by atoms with van der Waals surface area (Å²) in [5, 5.41) is 9.29. The molecular weight excluding hydrogens is 543 g/mol. The van der Waals surface area contributed by atoms with Crippen molar-refractivity contribution in [3.8, 4) is 11.5 Å². The minimum atomic E-state index is -0.0328. The SMILES string of the molecule is CC(C)(c1ccccc1)c1ccc(O)cc1.CI.COc1ccc(C(C)(C)c2ccccc2)cc1. The lowest BCUT2D eigenvalue weighted by Gasteiger charge is -2.26. The van der Waals surface area contributed by atoms with E-state index in [1.165, 1.54) is 22.3 Å². The Labute approximate surface area is 225 Å². The average Bonchev–Trinajstić information content (AvgIpc) is 2.91. The molecular formula is C32H37IO2. The normalized spacial score (nSPS) is 10.8. The van der Waals surface area contributed by atoms with Crippen LogP contribution in [0.3, 0.4) is 0 Å². The van der Waals surface area contributed by atoms with Gasteiger partial charge in [-0.2, -0.15) is 0 Å². The summed E-state index contributed by atoms with van der Waals surface area (Å²) in [5.41, 5.74) is 5.09. The van der Waals surface area contributed by atoms with Crippen molar-refractivity contribution in [2.45, 2.75) is 38.5 Å². The predicted molar refractivity (Wildman–Crippen MR) is 158 cm³/mol. The summed E-state index contributed by atoms with van der Waals surface area (Å²) >= 11 is 2.15. The molecule has 0 amide bonds. The second-order valence-corrected chi connectivity index (χ2v) is 9.26. The fraction of sp³-hybridized carbons (Fsp3) is 0.250. The summed E-state index contributed by atoms with van der Waals surface area (Å²) in [4.78, 5) is 1.97. The molecule has 0 aliphatic heterocycles. The molecule has 35 heavy (non-hydrogen) atoms. The van der Waals surface area contributed by atoms with Gasteiger partial charge in [0.25, 0.3) is 0 Å². The van der Waals surface area contributed by atoms with Crippen molar-refractivity contribution in [1.82, 2.24) is 0 Å². The van der Waals surface area contributed by atoms with Gasteiger partial charge in [-0.25, -0.2) is 0 Å². The van der Waals surface area contributed by atoms with E-state index >= 15 is 0 Å². The monoisotopic (exact) mass is 580 g/mol. The van der Waals surface area contributed by atoms with Gasteiger partial charge in [0.1, 0.15) is 11.5 Å². The number of halogens is 1. The van der Waals surface area contributed by atoms with Gasteiger partial charge in [-0.05, 0) is 51.4 Å². The Kier molecular flexibility index (Phi) is 10.8. The van der Waals surface area contributed by atoms with Crippen LogP contribution >= 0.6 is 22.6 Å². The fourth-order valence-electron chi connectivity index (χ4n) is 3.93. The number of benzene rings is 4. The molecule has 0 aliphatic rings. The molecule has 0 heterocycles. The van der Waals surface area contributed by atoms with E-state index in [2.05, 4.69) is 111 Å². The summed E-state index contributed by atoms with van der Waals surface area (Å²) in [7, 11) is 1.69. The first-order chi connectivity index (χ1) is 16.7. The highest BCUT2D eigenvalue weighted by Gasteiger charge is 2.23. The number of alkyl halides is 1. The number of phenols is 1. The van der Waals surface area contributed by atoms with Crippen molar-refractivity contribution in [2.75, 3.05) is 12.0 Å². The Morgan fingerprint density at radius 2 is 0.829 bits per heavy atom. The van der Waals surface area contributed by atoms with Gasteiger partial charge in [0.05, 0.1) is 7.11 Å². The fourth-order valence-corrected chi connectivity index (χ4v) is 3.93. The highest BCUT2D eigenvalue weighted by molar-refractivity contribution is 14.1. The van der Waals surface area contributed by atoms with Gasteiger partial charge >= 0.3 is 0 Å². The third-order valence-electron chi connectivity index (χ3n) is 6.39. The Morgan fingerprint density at radius 3 is 1.17 bits per heavy atom. The van der Waals surface area contributed by atoms with Crippen LogP contribution in [0.1, 0.15) is 49.9 Å². The largest absolute Gasteiger partial charge is 0.508 e. The van der Waals surface area contributed by atoms with Crippen LogP contribution in [-0.2, 0) is 10.8 Å². The van der Waals surface area contributed by atoms with E-state index < -0.39 is 0 Å². The van der Waals surface area contributed by atoms with Crippen LogP contribution in [0.25, 0.3) is 0 Å². The number of phenolic OH excluding ortho intramolecular Hbond substituents is 1. The molecule has 2 nitrogen and oxygen atoms in total. The molecule has 0 atom stereocenters. The number of aromatic hydroxyl groups is 1. The van der Waals surface area contributed by atoms with Crippen LogP contribution in [0, 0.1) is 0 Å². The molecule has 0 spiro atoms. The standard InChI is InChI=1S/C16H18O.C15H16O.CH3I/c1-16(2,13-7-5-4-6-8-13)14-9-11-15(17-3)12-10-14;1-15(2,12-6-4-3-5-7-12)13-8-10-14(16)11-9-13;1-2/h4-12H,1-3H3;3-11,16H,1-2H3;1H3. The lowest BCUT2D eigenvalue weighted by molar-refractivity contribution is 0.414. The Balaban J connectivity index is 0.000000231. The first-order valence-corrected chi connectivity index (χ1v) is 13.8. The lowest BCUT2D eigenvalue weighted by Crippen LogP contribution is -2.18. The smallest absolute Gasteiger partial charge is 0.118 e. The van der Waals surface area contributed by atoms with E-state index in [-0.39, 0.29) is 10.8 Å². The van der Waals surface area contributed by atoms with Crippen LogP contribution in [0.2, 0.25) is 0 Å². The molecule has 0 radical (unpaired) electrons. The van der Waals surface area contributed by atoms with Crippen LogP contribution in [0.4, 0.5) is 0 Å². The first kappa shape index (κ1) is 28.4. The van der Waals surface area contributed by atoms with Crippen molar-refractivity contribution in [2.24, 2.45) is 0 Å². The van der Waals surface area contributed by atoms with Crippen LogP contribution < -0.4 is 4.74 Å². The molecule has 0 unspecified atom stereocenters. The maximum atomic E-state index is 9.29.